The van der Waals surface area contributed by atoms with Gasteiger partial charge in [0.25, 0.3) is 0 Å². The number of hydrogen-bond donors (Lipinski definition) is 2. The third-order valence-corrected chi connectivity index (χ3v) is 3.03. The molecule has 1 aliphatic carbocycles. The fourth-order valence-corrected chi connectivity index (χ4v) is 2.22. The first-order valence-corrected chi connectivity index (χ1v) is 4.88. The van der Waals surface area contributed by atoms with Crippen molar-refractivity contribution < 1.29 is 5.11 Å². The van der Waals surface area contributed by atoms with Gasteiger partial charge in [-0.2, -0.15) is 0 Å². The maximum Gasteiger partial charge on any atom is 0.0588 e. The Morgan fingerprint density at radius 2 is 1.85 bits per heavy atom. The summed E-state index contributed by atoms with van der Waals surface area (Å²) in [5.41, 5.74) is 5.76. The highest BCUT2D eigenvalue weighted by Crippen LogP contribution is 2.34. The van der Waals surface area contributed by atoms with Crippen molar-refractivity contribution in [3.8, 4) is 0 Å². The van der Waals surface area contributed by atoms with Gasteiger partial charge in [0.2, 0.25) is 0 Å². The number of hydrogen-bond acceptors (Lipinski definition) is 2. The molecule has 0 aliphatic heterocycles. The smallest absolute Gasteiger partial charge is 0.0588 e. The molecule has 13 heavy (non-hydrogen) atoms. The molecule has 1 fully saturated rings. The molecule has 0 bridgehead atoms. The Balaban J connectivity index is 0.00000144. The second-order valence-corrected chi connectivity index (χ2v) is 4.91. The van der Waals surface area contributed by atoms with Gasteiger partial charge in [-0.3, -0.25) is 0 Å². The molecule has 1 aliphatic rings. The Kier molecular flexibility index (Phi) is 4.70. The molecule has 0 unspecified atom stereocenters. The van der Waals surface area contributed by atoms with Crippen LogP contribution in [0.3, 0.4) is 0 Å². The van der Waals surface area contributed by atoms with E-state index in [9.17, 15) is 5.11 Å². The normalized spacial score (nSPS) is 35.3. The molecule has 0 aromatic rings. The lowest BCUT2D eigenvalue weighted by Crippen LogP contribution is -2.48. The van der Waals surface area contributed by atoms with Gasteiger partial charge in [-0.05, 0) is 32.6 Å². The van der Waals surface area contributed by atoms with Crippen molar-refractivity contribution in [2.75, 3.05) is 0 Å². The highest BCUT2D eigenvalue weighted by atomic mass is 35.5. The Labute approximate surface area is 87.3 Å². The summed E-state index contributed by atoms with van der Waals surface area (Å²) in [6.07, 6.45) is 3.02. The van der Waals surface area contributed by atoms with E-state index in [-0.39, 0.29) is 30.0 Å². The minimum Gasteiger partial charge on any atom is -0.393 e. The second kappa shape index (κ2) is 4.63. The lowest BCUT2D eigenvalue weighted by Gasteiger charge is -2.39. The van der Waals surface area contributed by atoms with Crippen LogP contribution in [0.25, 0.3) is 0 Å². The van der Waals surface area contributed by atoms with E-state index >= 15 is 0 Å². The summed E-state index contributed by atoms with van der Waals surface area (Å²) >= 11 is 0. The Hall–Kier alpha value is 0.210. The monoisotopic (exact) mass is 207 g/mol. The molecule has 0 heterocycles. The highest BCUT2D eigenvalue weighted by molar-refractivity contribution is 5.85. The molecule has 1 saturated carbocycles. The van der Waals surface area contributed by atoms with Crippen LogP contribution in [-0.2, 0) is 0 Å². The summed E-state index contributed by atoms with van der Waals surface area (Å²) in [5, 5.41) is 9.79. The highest BCUT2D eigenvalue weighted by Gasteiger charge is 2.35. The van der Waals surface area contributed by atoms with E-state index in [2.05, 4.69) is 6.92 Å². The topological polar surface area (TPSA) is 46.2 Å². The van der Waals surface area contributed by atoms with Gasteiger partial charge in [-0.25, -0.2) is 0 Å². The SMILES string of the molecule is C[C@@H]1CC[C@@H](C(C)(C)N)[C@H](O)C1.Cl. The molecule has 0 amide bonds. The quantitative estimate of drug-likeness (QED) is 0.691. The molecule has 0 aromatic carbocycles. The maximum absolute atomic E-state index is 9.79. The molecular weight excluding hydrogens is 186 g/mol. The molecule has 1 rings (SSSR count). The standard InChI is InChI=1S/C10H21NO.ClH/c1-7-4-5-8(9(12)6-7)10(2,3)11;/h7-9,12H,4-6,11H2,1-3H3;1H/t7-,8-,9-;/m1./s1. The Morgan fingerprint density at radius 3 is 2.23 bits per heavy atom. The largest absolute Gasteiger partial charge is 0.393 e. The molecule has 3 heteroatoms. The van der Waals surface area contributed by atoms with Crippen LogP contribution in [0.4, 0.5) is 0 Å². The van der Waals surface area contributed by atoms with E-state index in [0.717, 1.165) is 12.8 Å². The first kappa shape index (κ1) is 13.2. The van der Waals surface area contributed by atoms with Crippen molar-refractivity contribution in [1.82, 2.24) is 0 Å². The fourth-order valence-electron chi connectivity index (χ4n) is 2.22. The third-order valence-electron chi connectivity index (χ3n) is 3.03. The van der Waals surface area contributed by atoms with Crippen molar-refractivity contribution in [3.05, 3.63) is 0 Å². The van der Waals surface area contributed by atoms with E-state index in [1.54, 1.807) is 0 Å². The molecule has 0 radical (unpaired) electrons. The first-order chi connectivity index (χ1) is 5.41. The van der Waals surface area contributed by atoms with Crippen molar-refractivity contribution in [3.63, 3.8) is 0 Å². The zero-order valence-electron chi connectivity index (χ0n) is 8.79. The van der Waals surface area contributed by atoms with Gasteiger partial charge in [0, 0.05) is 11.5 Å². The third kappa shape index (κ3) is 3.45. The van der Waals surface area contributed by atoms with Gasteiger partial charge >= 0.3 is 0 Å². The van der Waals surface area contributed by atoms with E-state index in [0.29, 0.717) is 5.92 Å². The summed E-state index contributed by atoms with van der Waals surface area (Å²) in [4.78, 5) is 0. The summed E-state index contributed by atoms with van der Waals surface area (Å²) < 4.78 is 0. The molecule has 0 saturated heterocycles. The number of rotatable bonds is 1. The van der Waals surface area contributed by atoms with Crippen LogP contribution in [0.1, 0.15) is 40.0 Å². The van der Waals surface area contributed by atoms with Gasteiger partial charge in [-0.1, -0.05) is 13.3 Å². The van der Waals surface area contributed by atoms with Gasteiger partial charge in [0.1, 0.15) is 0 Å². The van der Waals surface area contributed by atoms with Crippen LogP contribution >= 0.6 is 12.4 Å². The van der Waals surface area contributed by atoms with Crippen LogP contribution in [0.5, 0.6) is 0 Å². The molecule has 3 atom stereocenters. The summed E-state index contributed by atoms with van der Waals surface area (Å²) in [6.45, 7) is 6.22. The van der Waals surface area contributed by atoms with Crippen LogP contribution in [-0.4, -0.2) is 16.7 Å². The Bertz CT molecular complexity index is 155. The molecule has 0 spiro atoms. The van der Waals surface area contributed by atoms with Crippen LogP contribution in [0.15, 0.2) is 0 Å². The predicted octanol–water partition coefficient (Wildman–Crippen LogP) is 1.94. The van der Waals surface area contributed by atoms with Crippen LogP contribution in [0, 0.1) is 11.8 Å². The van der Waals surface area contributed by atoms with Gasteiger partial charge in [0.15, 0.2) is 0 Å². The van der Waals surface area contributed by atoms with E-state index in [1.807, 2.05) is 13.8 Å². The van der Waals surface area contributed by atoms with E-state index in [4.69, 9.17) is 5.73 Å². The van der Waals surface area contributed by atoms with E-state index in [1.165, 1.54) is 6.42 Å². The van der Waals surface area contributed by atoms with E-state index < -0.39 is 0 Å². The average molecular weight is 208 g/mol. The summed E-state index contributed by atoms with van der Waals surface area (Å²) in [6, 6.07) is 0. The fraction of sp³-hybridized carbons (Fsp3) is 1.00. The lowest BCUT2D eigenvalue weighted by molar-refractivity contribution is 0.0171. The molecular formula is C10H22ClNO. The van der Waals surface area contributed by atoms with Gasteiger partial charge in [0.05, 0.1) is 6.10 Å². The number of halogens is 1. The van der Waals surface area contributed by atoms with Crippen molar-refractivity contribution >= 4 is 12.4 Å². The zero-order valence-corrected chi connectivity index (χ0v) is 9.60. The lowest BCUT2D eigenvalue weighted by atomic mass is 9.72. The van der Waals surface area contributed by atoms with Gasteiger partial charge in [-0.15, -0.1) is 12.4 Å². The van der Waals surface area contributed by atoms with Crippen molar-refractivity contribution in [1.29, 1.82) is 0 Å². The summed E-state index contributed by atoms with van der Waals surface area (Å²) in [7, 11) is 0. The molecule has 2 nitrogen and oxygen atoms in total. The van der Waals surface area contributed by atoms with Crippen molar-refractivity contribution in [2.24, 2.45) is 17.6 Å². The maximum atomic E-state index is 9.79. The minimum atomic E-state index is -0.223. The van der Waals surface area contributed by atoms with Crippen LogP contribution in [0.2, 0.25) is 0 Å². The second-order valence-electron chi connectivity index (χ2n) is 4.91. The number of aliphatic hydroxyl groups excluding tert-OH is 1. The first-order valence-electron chi connectivity index (χ1n) is 4.88. The predicted molar refractivity (Wildman–Crippen MR) is 58.0 cm³/mol. The average Bonchev–Trinajstić information content (AvgIpc) is 1.83. The minimum absolute atomic E-state index is 0. The van der Waals surface area contributed by atoms with Crippen molar-refractivity contribution in [2.45, 2.75) is 51.7 Å². The Morgan fingerprint density at radius 1 is 1.31 bits per heavy atom. The molecule has 80 valence electrons. The van der Waals surface area contributed by atoms with Crippen LogP contribution < -0.4 is 5.73 Å². The number of aliphatic hydroxyl groups is 1. The molecule has 0 aromatic heterocycles. The molecule has 3 N–H and O–H groups in total. The number of nitrogens with two attached hydrogens (primary N) is 1. The zero-order chi connectivity index (χ0) is 9.35. The van der Waals surface area contributed by atoms with Gasteiger partial charge < -0.3 is 10.8 Å². The summed E-state index contributed by atoms with van der Waals surface area (Å²) in [5.74, 6) is 0.951.